The molecule has 1 amide bonds. The number of anilines is 2. The molecular formula is C26H28N6O. The molecule has 7 heteroatoms. The summed E-state index contributed by atoms with van der Waals surface area (Å²) in [5, 5.41) is 18.1. The molecule has 2 aromatic carbocycles. The molecule has 0 bridgehead atoms. The highest BCUT2D eigenvalue weighted by Crippen LogP contribution is 2.30. The van der Waals surface area contributed by atoms with Gasteiger partial charge in [-0.2, -0.15) is 5.26 Å². The van der Waals surface area contributed by atoms with E-state index in [4.69, 9.17) is 11.0 Å². The van der Waals surface area contributed by atoms with Gasteiger partial charge in [0.15, 0.2) is 5.82 Å². The Balaban J connectivity index is 1.45. The highest BCUT2D eigenvalue weighted by atomic mass is 16.2. The van der Waals surface area contributed by atoms with E-state index in [1.54, 1.807) is 36.4 Å². The Bertz CT molecular complexity index is 1190. The van der Waals surface area contributed by atoms with E-state index < -0.39 is 0 Å². The number of nitrogens with zero attached hydrogens (tertiary/aromatic N) is 5. The van der Waals surface area contributed by atoms with Crippen LogP contribution in [0.5, 0.6) is 0 Å². The van der Waals surface area contributed by atoms with Gasteiger partial charge >= 0.3 is 0 Å². The molecule has 4 rings (SSSR count). The Kier molecular flexibility index (Phi) is 6.27. The number of hydrogen-bond donors (Lipinski definition) is 1. The lowest BCUT2D eigenvalue weighted by atomic mass is 10.00. The molecule has 0 atom stereocenters. The van der Waals surface area contributed by atoms with Gasteiger partial charge in [-0.25, -0.2) is 0 Å². The first-order valence-corrected chi connectivity index (χ1v) is 11.1. The van der Waals surface area contributed by atoms with Gasteiger partial charge in [-0.3, -0.25) is 4.79 Å². The maximum atomic E-state index is 12.8. The van der Waals surface area contributed by atoms with Gasteiger partial charge in [0.2, 0.25) is 0 Å². The van der Waals surface area contributed by atoms with Gasteiger partial charge in [-0.1, -0.05) is 12.1 Å². The third kappa shape index (κ3) is 4.51. The number of hydrogen-bond acceptors (Lipinski definition) is 6. The van der Waals surface area contributed by atoms with Crippen LogP contribution in [0.25, 0.3) is 11.3 Å². The molecule has 0 aliphatic carbocycles. The SMILES string of the molecule is Cc1c(-c2ccc(C#N)cc2)nnc(N2CCC(N(C)C(=O)c3ccc(N)cc3)CC2)c1C. The van der Waals surface area contributed by atoms with Crippen molar-refractivity contribution in [2.75, 3.05) is 30.8 Å². The van der Waals surface area contributed by atoms with Gasteiger partial charge in [-0.15, -0.1) is 10.2 Å². The fourth-order valence-corrected chi connectivity index (χ4v) is 4.33. The number of carbonyl (C=O) groups excluding carboxylic acids is 1. The zero-order valence-corrected chi connectivity index (χ0v) is 19.2. The lowest BCUT2D eigenvalue weighted by Gasteiger charge is -2.37. The summed E-state index contributed by atoms with van der Waals surface area (Å²) < 4.78 is 0. The Labute approximate surface area is 194 Å². The molecule has 2 N–H and O–H groups in total. The zero-order valence-electron chi connectivity index (χ0n) is 19.2. The van der Waals surface area contributed by atoms with Crippen molar-refractivity contribution in [2.45, 2.75) is 32.7 Å². The molecule has 1 saturated heterocycles. The summed E-state index contributed by atoms with van der Waals surface area (Å²) in [6, 6.07) is 16.8. The van der Waals surface area contributed by atoms with Crippen LogP contribution in [0.1, 0.15) is 39.9 Å². The Morgan fingerprint density at radius 2 is 1.67 bits per heavy atom. The Morgan fingerprint density at radius 1 is 1.03 bits per heavy atom. The minimum atomic E-state index is 0.0204. The predicted octanol–water partition coefficient (Wildman–Crippen LogP) is 3.96. The molecule has 33 heavy (non-hydrogen) atoms. The lowest BCUT2D eigenvalue weighted by molar-refractivity contribution is 0.0709. The van der Waals surface area contributed by atoms with E-state index in [-0.39, 0.29) is 11.9 Å². The van der Waals surface area contributed by atoms with Crippen LogP contribution in [0, 0.1) is 25.2 Å². The van der Waals surface area contributed by atoms with Crippen molar-refractivity contribution >= 4 is 17.4 Å². The van der Waals surface area contributed by atoms with E-state index >= 15 is 0 Å². The van der Waals surface area contributed by atoms with E-state index in [0.29, 0.717) is 16.8 Å². The molecule has 0 saturated carbocycles. The van der Waals surface area contributed by atoms with Crippen LogP contribution in [0.3, 0.4) is 0 Å². The molecule has 0 unspecified atom stereocenters. The van der Waals surface area contributed by atoms with Crippen LogP contribution in [0.4, 0.5) is 11.5 Å². The van der Waals surface area contributed by atoms with Crippen LogP contribution in [-0.2, 0) is 0 Å². The smallest absolute Gasteiger partial charge is 0.253 e. The first kappa shape index (κ1) is 22.3. The van der Waals surface area contributed by atoms with E-state index in [9.17, 15) is 4.79 Å². The average Bonchev–Trinajstić information content (AvgIpc) is 2.85. The van der Waals surface area contributed by atoms with Crippen LogP contribution in [0.15, 0.2) is 48.5 Å². The largest absolute Gasteiger partial charge is 0.399 e. The normalized spacial score (nSPS) is 14.1. The van der Waals surface area contributed by atoms with Gasteiger partial charge in [0.25, 0.3) is 5.91 Å². The lowest BCUT2D eigenvalue weighted by Crippen LogP contribution is -2.46. The second-order valence-electron chi connectivity index (χ2n) is 8.57. The zero-order chi connectivity index (χ0) is 23.5. The molecule has 3 aromatic rings. The second kappa shape index (κ2) is 9.29. The summed E-state index contributed by atoms with van der Waals surface area (Å²) in [4.78, 5) is 17.0. The maximum Gasteiger partial charge on any atom is 0.253 e. The highest BCUT2D eigenvalue weighted by Gasteiger charge is 2.28. The van der Waals surface area contributed by atoms with Crippen molar-refractivity contribution in [1.29, 1.82) is 5.26 Å². The van der Waals surface area contributed by atoms with Crippen molar-refractivity contribution in [2.24, 2.45) is 0 Å². The van der Waals surface area contributed by atoms with Crippen molar-refractivity contribution in [3.05, 3.63) is 70.8 Å². The quantitative estimate of drug-likeness (QED) is 0.617. The van der Waals surface area contributed by atoms with E-state index in [0.717, 1.165) is 54.1 Å². The third-order valence-corrected chi connectivity index (χ3v) is 6.57. The first-order valence-electron chi connectivity index (χ1n) is 11.1. The molecule has 7 nitrogen and oxygen atoms in total. The van der Waals surface area contributed by atoms with Gasteiger partial charge in [0.05, 0.1) is 17.3 Å². The Hall–Kier alpha value is -3.92. The molecule has 0 radical (unpaired) electrons. The summed E-state index contributed by atoms with van der Waals surface area (Å²) in [5.74, 6) is 0.919. The molecule has 168 valence electrons. The summed E-state index contributed by atoms with van der Waals surface area (Å²) in [7, 11) is 1.88. The van der Waals surface area contributed by atoms with Crippen LogP contribution in [0.2, 0.25) is 0 Å². The van der Waals surface area contributed by atoms with Gasteiger partial charge in [0.1, 0.15) is 0 Å². The highest BCUT2D eigenvalue weighted by molar-refractivity contribution is 5.94. The number of piperidine rings is 1. The Morgan fingerprint density at radius 3 is 2.27 bits per heavy atom. The molecule has 1 aliphatic rings. The van der Waals surface area contributed by atoms with Crippen molar-refractivity contribution in [3.8, 4) is 17.3 Å². The topological polar surface area (TPSA) is 99.1 Å². The van der Waals surface area contributed by atoms with E-state index in [1.807, 2.05) is 24.1 Å². The average molecular weight is 441 g/mol. The molecule has 1 fully saturated rings. The molecule has 2 heterocycles. The van der Waals surface area contributed by atoms with E-state index in [1.165, 1.54) is 0 Å². The number of nitriles is 1. The number of nitrogen functional groups attached to an aromatic ring is 1. The van der Waals surface area contributed by atoms with Gasteiger partial charge in [-0.05, 0) is 74.2 Å². The number of carbonyl (C=O) groups is 1. The summed E-state index contributed by atoms with van der Waals surface area (Å²) in [5.41, 5.74) is 11.7. The monoisotopic (exact) mass is 440 g/mol. The van der Waals surface area contributed by atoms with Crippen LogP contribution >= 0.6 is 0 Å². The van der Waals surface area contributed by atoms with Gasteiger partial charge < -0.3 is 15.5 Å². The number of nitrogens with two attached hydrogens (primary N) is 1. The first-order chi connectivity index (χ1) is 15.9. The number of aromatic nitrogens is 2. The maximum absolute atomic E-state index is 12.8. The van der Waals surface area contributed by atoms with Crippen LogP contribution in [-0.4, -0.2) is 47.2 Å². The molecule has 0 spiro atoms. The summed E-state index contributed by atoms with van der Waals surface area (Å²) in [6.07, 6.45) is 1.74. The van der Waals surface area contributed by atoms with Gasteiger partial charge in [0, 0.05) is 43.0 Å². The summed E-state index contributed by atoms with van der Waals surface area (Å²) in [6.45, 7) is 5.77. The van der Waals surface area contributed by atoms with Crippen molar-refractivity contribution < 1.29 is 4.79 Å². The molecular weight excluding hydrogens is 412 g/mol. The predicted molar refractivity (Wildman–Crippen MR) is 130 cm³/mol. The second-order valence-corrected chi connectivity index (χ2v) is 8.57. The number of amides is 1. The fourth-order valence-electron chi connectivity index (χ4n) is 4.33. The molecule has 1 aliphatic heterocycles. The standard InChI is InChI=1S/C26H28N6O/c1-17-18(2)25(30-29-24(17)20-6-4-19(16-27)5-7-20)32-14-12-23(13-15-32)31(3)26(33)21-8-10-22(28)11-9-21/h4-11,23H,12-15,28H2,1-3H3. The fraction of sp³-hybridized carbons (Fsp3) is 0.308. The minimum Gasteiger partial charge on any atom is -0.399 e. The van der Waals surface area contributed by atoms with E-state index in [2.05, 4.69) is 35.0 Å². The molecule has 1 aromatic heterocycles. The summed E-state index contributed by atoms with van der Waals surface area (Å²) >= 11 is 0. The van der Waals surface area contributed by atoms with Crippen molar-refractivity contribution in [1.82, 2.24) is 15.1 Å². The van der Waals surface area contributed by atoms with Crippen molar-refractivity contribution in [3.63, 3.8) is 0 Å². The van der Waals surface area contributed by atoms with Crippen LogP contribution < -0.4 is 10.6 Å². The number of rotatable bonds is 4. The third-order valence-electron chi connectivity index (χ3n) is 6.57. The number of benzene rings is 2. The minimum absolute atomic E-state index is 0.0204.